The summed E-state index contributed by atoms with van der Waals surface area (Å²) < 4.78 is 5.37. The van der Waals surface area contributed by atoms with Crippen molar-refractivity contribution < 1.29 is 4.74 Å². The summed E-state index contributed by atoms with van der Waals surface area (Å²) in [6.07, 6.45) is 1.91. The highest BCUT2D eigenvalue weighted by molar-refractivity contribution is 7.09. The Morgan fingerprint density at radius 3 is 2.75 bits per heavy atom. The topological polar surface area (TPSA) is 58.5 Å². The molecule has 0 saturated carbocycles. The van der Waals surface area contributed by atoms with Crippen molar-refractivity contribution in [1.29, 1.82) is 0 Å². The van der Waals surface area contributed by atoms with Crippen LogP contribution in [0.1, 0.15) is 31.5 Å². The molecule has 2 N–H and O–H groups in total. The van der Waals surface area contributed by atoms with E-state index in [0.29, 0.717) is 6.54 Å². The van der Waals surface area contributed by atoms with Crippen molar-refractivity contribution in [3.05, 3.63) is 16.1 Å². The van der Waals surface area contributed by atoms with Gasteiger partial charge < -0.3 is 15.4 Å². The number of guanidine groups is 1. The van der Waals surface area contributed by atoms with E-state index in [1.165, 1.54) is 5.01 Å². The maximum atomic E-state index is 5.37. The third-order valence-corrected chi connectivity index (χ3v) is 4.08. The highest BCUT2D eigenvalue weighted by atomic mass is 32.1. The van der Waals surface area contributed by atoms with Gasteiger partial charge in [0.15, 0.2) is 5.96 Å². The van der Waals surface area contributed by atoms with Crippen molar-refractivity contribution >= 4 is 17.3 Å². The van der Waals surface area contributed by atoms with Gasteiger partial charge in [0.25, 0.3) is 0 Å². The van der Waals surface area contributed by atoms with Crippen molar-refractivity contribution in [3.63, 3.8) is 0 Å². The van der Waals surface area contributed by atoms with Crippen molar-refractivity contribution in [2.24, 2.45) is 4.99 Å². The van der Waals surface area contributed by atoms with Crippen LogP contribution in [-0.4, -0.2) is 43.8 Å². The Hall–Kier alpha value is -1.14. The summed E-state index contributed by atoms with van der Waals surface area (Å²) >= 11 is 1.73. The molecular weight excluding hydrogens is 272 g/mol. The highest BCUT2D eigenvalue weighted by Gasteiger charge is 2.16. The van der Waals surface area contributed by atoms with Crippen LogP contribution in [0.15, 0.2) is 10.4 Å². The lowest BCUT2D eigenvalue weighted by atomic mass is 10.1. The van der Waals surface area contributed by atoms with Gasteiger partial charge in [-0.05, 0) is 20.3 Å². The van der Waals surface area contributed by atoms with Crippen molar-refractivity contribution in [3.8, 4) is 0 Å². The number of methoxy groups -OCH3 is 1. The number of aromatic nitrogens is 1. The largest absolute Gasteiger partial charge is 0.377 e. The average molecular weight is 298 g/mol. The third-order valence-electron chi connectivity index (χ3n) is 3.03. The van der Waals surface area contributed by atoms with Gasteiger partial charge in [-0.3, -0.25) is 4.99 Å². The fraction of sp³-hybridized carbons (Fsp3) is 0.714. The van der Waals surface area contributed by atoms with E-state index >= 15 is 0 Å². The standard InChI is InChI=1S/C14H26N4OS/c1-6-12-18-11(9-20-12)7-8-16-13(15-4)17-10-14(2,3)19-5/h9H,6-8,10H2,1-5H3,(H2,15,16,17). The number of nitrogens with one attached hydrogen (secondary N) is 2. The molecule has 0 atom stereocenters. The SMILES string of the molecule is CCc1nc(CCNC(=NC)NCC(C)(C)OC)cs1. The number of aryl methyl sites for hydroxylation is 1. The van der Waals surface area contributed by atoms with Crippen molar-refractivity contribution in [2.45, 2.75) is 39.2 Å². The van der Waals surface area contributed by atoms with E-state index in [9.17, 15) is 0 Å². The Balaban J connectivity index is 2.31. The molecule has 0 aliphatic carbocycles. The summed E-state index contributed by atoms with van der Waals surface area (Å²) in [5, 5.41) is 9.88. The van der Waals surface area contributed by atoms with Crippen LogP contribution in [-0.2, 0) is 17.6 Å². The summed E-state index contributed by atoms with van der Waals surface area (Å²) in [7, 11) is 3.48. The fourth-order valence-corrected chi connectivity index (χ4v) is 2.30. The first-order valence-electron chi connectivity index (χ1n) is 6.93. The lowest BCUT2D eigenvalue weighted by molar-refractivity contribution is 0.0268. The highest BCUT2D eigenvalue weighted by Crippen LogP contribution is 2.10. The van der Waals surface area contributed by atoms with E-state index in [1.807, 2.05) is 13.8 Å². The number of thiazole rings is 1. The molecule has 0 fully saturated rings. The van der Waals surface area contributed by atoms with Gasteiger partial charge in [-0.1, -0.05) is 6.92 Å². The molecule has 5 nitrogen and oxygen atoms in total. The summed E-state index contributed by atoms with van der Waals surface area (Å²) in [5.41, 5.74) is 0.940. The van der Waals surface area contributed by atoms with E-state index in [1.54, 1.807) is 25.5 Å². The van der Waals surface area contributed by atoms with E-state index in [4.69, 9.17) is 4.74 Å². The summed E-state index contributed by atoms with van der Waals surface area (Å²) in [5.74, 6) is 0.793. The molecule has 0 amide bonds. The first kappa shape index (κ1) is 16.9. The summed E-state index contributed by atoms with van der Waals surface area (Å²) in [4.78, 5) is 8.75. The van der Waals surface area contributed by atoms with Crippen LogP contribution in [0.2, 0.25) is 0 Å². The van der Waals surface area contributed by atoms with Gasteiger partial charge in [-0.25, -0.2) is 4.98 Å². The molecule has 6 heteroatoms. The van der Waals surface area contributed by atoms with E-state index < -0.39 is 0 Å². The van der Waals surface area contributed by atoms with Crippen LogP contribution in [0.25, 0.3) is 0 Å². The van der Waals surface area contributed by atoms with E-state index in [2.05, 4.69) is 32.9 Å². The third kappa shape index (κ3) is 5.88. The van der Waals surface area contributed by atoms with E-state index in [0.717, 1.165) is 31.0 Å². The Morgan fingerprint density at radius 1 is 1.45 bits per heavy atom. The normalized spacial score (nSPS) is 12.6. The molecule has 0 unspecified atom stereocenters. The minimum absolute atomic E-state index is 0.206. The summed E-state index contributed by atoms with van der Waals surface area (Å²) in [6, 6.07) is 0. The maximum Gasteiger partial charge on any atom is 0.191 e. The second kappa shape index (κ2) is 8.21. The maximum absolute atomic E-state index is 5.37. The predicted molar refractivity (Wildman–Crippen MR) is 85.6 cm³/mol. The molecule has 20 heavy (non-hydrogen) atoms. The van der Waals surface area contributed by atoms with Crippen LogP contribution in [0.5, 0.6) is 0 Å². The number of hydrogen-bond acceptors (Lipinski definition) is 4. The predicted octanol–water partition coefficient (Wildman–Crippen LogP) is 1.84. The zero-order chi connectivity index (χ0) is 15.0. The minimum atomic E-state index is -0.206. The first-order chi connectivity index (χ1) is 9.50. The summed E-state index contributed by atoms with van der Waals surface area (Å²) in [6.45, 7) is 7.73. The molecule has 1 heterocycles. The number of aliphatic imine (C=N–C) groups is 1. The van der Waals surface area contributed by atoms with E-state index in [-0.39, 0.29) is 5.60 Å². The van der Waals surface area contributed by atoms with Crippen molar-refractivity contribution in [2.75, 3.05) is 27.2 Å². The lowest BCUT2D eigenvalue weighted by Gasteiger charge is -2.24. The molecule has 1 rings (SSSR count). The Kier molecular flexibility index (Phi) is 6.95. The molecule has 0 radical (unpaired) electrons. The lowest BCUT2D eigenvalue weighted by Crippen LogP contribution is -2.45. The zero-order valence-corrected chi connectivity index (χ0v) is 13.9. The molecule has 0 bridgehead atoms. The molecule has 0 aliphatic heterocycles. The molecule has 1 aromatic rings. The molecule has 1 aromatic heterocycles. The number of ether oxygens (including phenoxy) is 1. The molecular formula is C14H26N4OS. The Labute approximate surface area is 125 Å². The Morgan fingerprint density at radius 2 is 2.20 bits per heavy atom. The van der Waals surface area contributed by atoms with Gasteiger partial charge in [-0.15, -0.1) is 11.3 Å². The van der Waals surface area contributed by atoms with Gasteiger partial charge in [0.05, 0.1) is 16.3 Å². The number of nitrogens with zero attached hydrogens (tertiary/aromatic N) is 2. The van der Waals surface area contributed by atoms with Gasteiger partial charge >= 0.3 is 0 Å². The number of hydrogen-bond donors (Lipinski definition) is 2. The van der Waals surface area contributed by atoms with Gasteiger partial charge in [-0.2, -0.15) is 0 Å². The smallest absolute Gasteiger partial charge is 0.191 e. The Bertz CT molecular complexity index is 429. The van der Waals surface area contributed by atoms with Gasteiger partial charge in [0.2, 0.25) is 0 Å². The van der Waals surface area contributed by atoms with Crippen LogP contribution >= 0.6 is 11.3 Å². The fourth-order valence-electron chi connectivity index (χ4n) is 1.52. The van der Waals surface area contributed by atoms with Crippen LogP contribution < -0.4 is 10.6 Å². The zero-order valence-electron chi connectivity index (χ0n) is 13.1. The number of rotatable bonds is 7. The van der Waals surface area contributed by atoms with Crippen molar-refractivity contribution in [1.82, 2.24) is 15.6 Å². The van der Waals surface area contributed by atoms with Crippen LogP contribution in [0.4, 0.5) is 0 Å². The quantitative estimate of drug-likeness (QED) is 0.596. The molecule has 0 saturated heterocycles. The van der Waals surface area contributed by atoms with Gasteiger partial charge in [0, 0.05) is 39.0 Å². The monoisotopic (exact) mass is 298 g/mol. The second-order valence-electron chi connectivity index (χ2n) is 5.15. The first-order valence-corrected chi connectivity index (χ1v) is 7.81. The molecule has 0 spiro atoms. The minimum Gasteiger partial charge on any atom is -0.377 e. The van der Waals surface area contributed by atoms with Crippen LogP contribution in [0, 0.1) is 0 Å². The molecule has 114 valence electrons. The molecule has 0 aromatic carbocycles. The second-order valence-corrected chi connectivity index (χ2v) is 6.10. The van der Waals surface area contributed by atoms with Crippen LogP contribution in [0.3, 0.4) is 0 Å². The van der Waals surface area contributed by atoms with Gasteiger partial charge in [0.1, 0.15) is 0 Å². The average Bonchev–Trinajstić information content (AvgIpc) is 2.90. The molecule has 0 aliphatic rings.